The first-order valence-electron chi connectivity index (χ1n) is 7.48. The van der Waals surface area contributed by atoms with Gasteiger partial charge in [0.05, 0.1) is 0 Å². The Morgan fingerprint density at radius 1 is 1.39 bits per heavy atom. The smallest absolute Gasteiger partial charge is 0.387 e. The number of amides is 1. The number of hydrogen-bond donors (Lipinski definition) is 1. The average Bonchev–Trinajstić information content (AvgIpc) is 2.48. The lowest BCUT2D eigenvalue weighted by Crippen LogP contribution is -2.42. The molecule has 0 spiro atoms. The number of hydrogen-bond acceptors (Lipinski definition) is 3. The zero-order valence-electron chi connectivity index (χ0n) is 13.3. The molecule has 7 heteroatoms. The Hall–Kier alpha value is -1.40. The maximum absolute atomic E-state index is 12.4. The predicted octanol–water partition coefficient (Wildman–Crippen LogP) is 3.06. The summed E-state index contributed by atoms with van der Waals surface area (Å²) in [6.07, 6.45) is 1.71. The quantitative estimate of drug-likeness (QED) is 0.889. The Balaban J connectivity index is 0.00000264. The van der Waals surface area contributed by atoms with Crippen molar-refractivity contribution < 1.29 is 18.3 Å². The molecule has 1 N–H and O–H groups in total. The van der Waals surface area contributed by atoms with E-state index in [1.807, 2.05) is 0 Å². The van der Waals surface area contributed by atoms with Crippen LogP contribution in [0.5, 0.6) is 5.75 Å². The Morgan fingerprint density at radius 2 is 2.04 bits per heavy atom. The third-order valence-electron chi connectivity index (χ3n) is 3.92. The van der Waals surface area contributed by atoms with Gasteiger partial charge in [0.2, 0.25) is 5.91 Å². The molecule has 4 nitrogen and oxygen atoms in total. The number of carbonyl (C=O) groups is 1. The first-order chi connectivity index (χ1) is 10.5. The Kier molecular flexibility index (Phi) is 7.72. The number of nitrogens with one attached hydrogen (secondary N) is 1. The maximum Gasteiger partial charge on any atom is 0.387 e. The summed E-state index contributed by atoms with van der Waals surface area (Å²) in [6, 6.07) is 6.75. The van der Waals surface area contributed by atoms with Crippen LogP contribution in [0, 0.1) is 5.92 Å². The topological polar surface area (TPSA) is 41.6 Å². The van der Waals surface area contributed by atoms with E-state index >= 15 is 0 Å². The van der Waals surface area contributed by atoms with Crippen molar-refractivity contribution in [2.45, 2.75) is 39.0 Å². The summed E-state index contributed by atoms with van der Waals surface area (Å²) < 4.78 is 28.5. The fourth-order valence-electron chi connectivity index (χ4n) is 2.80. The second-order valence-corrected chi connectivity index (χ2v) is 5.79. The zero-order valence-corrected chi connectivity index (χ0v) is 14.1. The van der Waals surface area contributed by atoms with Crippen LogP contribution in [0.3, 0.4) is 0 Å². The van der Waals surface area contributed by atoms with Gasteiger partial charge < -0.3 is 15.0 Å². The number of piperidine rings is 1. The van der Waals surface area contributed by atoms with Crippen molar-refractivity contribution in [2.75, 3.05) is 13.6 Å². The normalized spacial score (nSPS) is 20.7. The Labute approximate surface area is 141 Å². The van der Waals surface area contributed by atoms with E-state index in [1.54, 1.807) is 24.1 Å². The monoisotopic (exact) mass is 348 g/mol. The van der Waals surface area contributed by atoms with Crippen molar-refractivity contribution in [3.8, 4) is 5.75 Å². The van der Waals surface area contributed by atoms with Gasteiger partial charge in [0.1, 0.15) is 5.75 Å². The molecular formula is C16H23ClF2N2O2. The van der Waals surface area contributed by atoms with Crippen LogP contribution in [0.25, 0.3) is 0 Å². The molecule has 0 aliphatic carbocycles. The molecule has 1 aliphatic rings. The van der Waals surface area contributed by atoms with Crippen molar-refractivity contribution in [3.63, 3.8) is 0 Å². The van der Waals surface area contributed by atoms with E-state index in [0.29, 0.717) is 12.6 Å². The first kappa shape index (κ1) is 19.6. The number of alkyl halides is 2. The van der Waals surface area contributed by atoms with Gasteiger partial charge in [-0.05, 0) is 44.0 Å². The summed E-state index contributed by atoms with van der Waals surface area (Å²) >= 11 is 0. The number of carbonyl (C=O) groups excluding carboxylic acids is 1. The summed E-state index contributed by atoms with van der Waals surface area (Å²) in [5.41, 5.74) is 0.888. The van der Waals surface area contributed by atoms with Crippen molar-refractivity contribution in [3.05, 3.63) is 29.8 Å². The minimum absolute atomic E-state index is 0. The molecule has 0 bridgehead atoms. The van der Waals surface area contributed by atoms with Crippen LogP contribution in [-0.2, 0) is 11.3 Å². The Bertz CT molecular complexity index is 499. The van der Waals surface area contributed by atoms with E-state index in [4.69, 9.17) is 0 Å². The zero-order chi connectivity index (χ0) is 16.1. The number of nitrogens with zero attached hydrogens (tertiary/aromatic N) is 1. The molecule has 1 heterocycles. The van der Waals surface area contributed by atoms with Gasteiger partial charge >= 0.3 is 6.61 Å². The molecule has 1 fully saturated rings. The average molecular weight is 349 g/mol. The van der Waals surface area contributed by atoms with Gasteiger partial charge in [-0.3, -0.25) is 4.79 Å². The predicted molar refractivity (Wildman–Crippen MR) is 87.0 cm³/mol. The highest BCUT2D eigenvalue weighted by molar-refractivity contribution is 5.85. The fourth-order valence-corrected chi connectivity index (χ4v) is 2.80. The van der Waals surface area contributed by atoms with Crippen LogP contribution in [0.4, 0.5) is 8.78 Å². The van der Waals surface area contributed by atoms with Crippen molar-refractivity contribution in [2.24, 2.45) is 5.92 Å². The lowest BCUT2D eigenvalue weighted by molar-refractivity contribution is -0.135. The molecule has 0 unspecified atom stereocenters. The molecular weight excluding hydrogens is 326 g/mol. The summed E-state index contributed by atoms with van der Waals surface area (Å²) in [5.74, 6) is 0.323. The largest absolute Gasteiger partial charge is 0.435 e. The number of ether oxygens (including phenoxy) is 1. The summed E-state index contributed by atoms with van der Waals surface area (Å²) in [4.78, 5) is 14.1. The minimum Gasteiger partial charge on any atom is -0.435 e. The van der Waals surface area contributed by atoms with Crippen molar-refractivity contribution in [1.29, 1.82) is 0 Å². The highest BCUT2D eigenvalue weighted by Crippen LogP contribution is 2.20. The van der Waals surface area contributed by atoms with Crippen molar-refractivity contribution in [1.82, 2.24) is 10.2 Å². The molecule has 0 radical (unpaired) electrons. The van der Waals surface area contributed by atoms with Gasteiger partial charge in [-0.2, -0.15) is 8.78 Å². The molecule has 1 aromatic carbocycles. The van der Waals surface area contributed by atoms with Crippen LogP contribution in [0.15, 0.2) is 24.3 Å². The van der Waals surface area contributed by atoms with E-state index in [-0.39, 0.29) is 30.0 Å². The number of rotatable bonds is 5. The minimum atomic E-state index is -2.82. The standard InChI is InChI=1S/C16H22F2N2O2.ClH/c1-11-9-13(7-8-19-11)15(21)20(2)10-12-3-5-14(6-4-12)22-16(17)18;/h3-6,11,13,16,19H,7-10H2,1-2H3;1H/t11-,13-;/m0./s1. The molecule has 2 rings (SSSR count). The molecule has 23 heavy (non-hydrogen) atoms. The highest BCUT2D eigenvalue weighted by atomic mass is 35.5. The van der Waals surface area contributed by atoms with E-state index in [0.717, 1.165) is 24.9 Å². The van der Waals surface area contributed by atoms with Gasteiger partial charge in [0.15, 0.2) is 0 Å². The van der Waals surface area contributed by atoms with Gasteiger partial charge in [-0.15, -0.1) is 12.4 Å². The summed E-state index contributed by atoms with van der Waals surface area (Å²) in [5, 5.41) is 3.33. The van der Waals surface area contributed by atoms with E-state index in [2.05, 4.69) is 17.0 Å². The van der Waals surface area contributed by atoms with Gasteiger partial charge in [0, 0.05) is 25.6 Å². The highest BCUT2D eigenvalue weighted by Gasteiger charge is 2.26. The summed E-state index contributed by atoms with van der Waals surface area (Å²) in [7, 11) is 1.78. The SMILES string of the molecule is C[C@H]1C[C@@H](C(=O)N(C)Cc2ccc(OC(F)F)cc2)CCN1.Cl. The van der Waals surface area contributed by atoms with Crippen LogP contribution < -0.4 is 10.1 Å². The fraction of sp³-hybridized carbons (Fsp3) is 0.562. The molecule has 1 aromatic rings. The molecule has 130 valence electrons. The van der Waals surface area contributed by atoms with Gasteiger partial charge in [-0.25, -0.2) is 0 Å². The second-order valence-electron chi connectivity index (χ2n) is 5.79. The van der Waals surface area contributed by atoms with Crippen LogP contribution in [-0.4, -0.2) is 37.1 Å². The lowest BCUT2D eigenvalue weighted by Gasteiger charge is -2.30. The van der Waals surface area contributed by atoms with Gasteiger partial charge in [-0.1, -0.05) is 12.1 Å². The van der Waals surface area contributed by atoms with E-state index in [9.17, 15) is 13.6 Å². The number of benzene rings is 1. The number of halogens is 3. The van der Waals surface area contributed by atoms with Crippen LogP contribution in [0.2, 0.25) is 0 Å². The van der Waals surface area contributed by atoms with Crippen LogP contribution in [0.1, 0.15) is 25.3 Å². The van der Waals surface area contributed by atoms with Gasteiger partial charge in [0.25, 0.3) is 0 Å². The molecule has 0 saturated carbocycles. The Morgan fingerprint density at radius 3 is 2.61 bits per heavy atom. The van der Waals surface area contributed by atoms with E-state index in [1.165, 1.54) is 12.1 Å². The van der Waals surface area contributed by atoms with Crippen LogP contribution >= 0.6 is 12.4 Å². The molecule has 1 aliphatic heterocycles. The maximum atomic E-state index is 12.4. The third-order valence-corrected chi connectivity index (χ3v) is 3.92. The third kappa shape index (κ3) is 5.95. The molecule has 1 saturated heterocycles. The van der Waals surface area contributed by atoms with Crippen molar-refractivity contribution >= 4 is 18.3 Å². The molecule has 0 aromatic heterocycles. The first-order valence-corrected chi connectivity index (χ1v) is 7.48. The molecule has 1 amide bonds. The lowest BCUT2D eigenvalue weighted by atomic mass is 9.92. The summed E-state index contributed by atoms with van der Waals surface area (Å²) in [6.45, 7) is 0.593. The van der Waals surface area contributed by atoms with E-state index < -0.39 is 6.61 Å². The second kappa shape index (κ2) is 9.03. The molecule has 2 atom stereocenters.